The molecule has 4 aromatic rings. The predicted molar refractivity (Wildman–Crippen MR) is 140 cm³/mol. The Morgan fingerprint density at radius 2 is 1.18 bits per heavy atom. The normalized spacial score (nSPS) is 11.1. The quantitative estimate of drug-likeness (QED) is 0.147. The van der Waals surface area contributed by atoms with Crippen LogP contribution in [-0.4, -0.2) is 13.0 Å². The maximum Gasteiger partial charge on any atom is 0.169 e. The van der Waals surface area contributed by atoms with Gasteiger partial charge in [-0.1, -0.05) is 88.9 Å². The Kier molecular flexibility index (Phi) is 9.10. The van der Waals surface area contributed by atoms with E-state index in [0.29, 0.717) is 0 Å². The summed E-state index contributed by atoms with van der Waals surface area (Å²) in [6, 6.07) is 30.4. The van der Waals surface area contributed by atoms with E-state index in [-0.39, 0.29) is 26.0 Å². The van der Waals surface area contributed by atoms with E-state index in [2.05, 4.69) is 92.7 Å². The minimum atomic E-state index is -4.60. The SMILES string of the molecule is Cc1ccc([S+](c2ccccc2)c2ccccc2)c(C)c1.O=S(=O)([O-])c1cc(Cl)c(Cl)cc1Cl. The molecule has 0 fully saturated rings. The van der Waals surface area contributed by atoms with E-state index < -0.39 is 15.0 Å². The summed E-state index contributed by atoms with van der Waals surface area (Å²) < 4.78 is 31.7. The molecule has 0 saturated carbocycles. The van der Waals surface area contributed by atoms with Gasteiger partial charge in [-0.25, -0.2) is 8.42 Å². The first-order valence-corrected chi connectivity index (χ1v) is 13.9. The molecular weight excluding hydrogens is 531 g/mol. The molecular formula is C26H21Cl3O3S2. The van der Waals surface area contributed by atoms with Crippen LogP contribution in [0.3, 0.4) is 0 Å². The summed E-state index contributed by atoms with van der Waals surface area (Å²) in [5.74, 6) is 0. The largest absolute Gasteiger partial charge is 0.744 e. The Bertz CT molecular complexity index is 1340. The monoisotopic (exact) mass is 550 g/mol. The van der Waals surface area contributed by atoms with E-state index in [9.17, 15) is 13.0 Å². The van der Waals surface area contributed by atoms with Crippen molar-refractivity contribution in [2.24, 2.45) is 0 Å². The molecule has 0 heterocycles. The van der Waals surface area contributed by atoms with Gasteiger partial charge in [-0.05, 0) is 56.3 Å². The van der Waals surface area contributed by atoms with Crippen molar-refractivity contribution in [1.29, 1.82) is 0 Å². The van der Waals surface area contributed by atoms with Crippen LogP contribution < -0.4 is 0 Å². The van der Waals surface area contributed by atoms with Gasteiger partial charge in [0, 0.05) is 5.56 Å². The lowest BCUT2D eigenvalue weighted by atomic mass is 10.2. The first kappa shape index (κ1) is 26.6. The van der Waals surface area contributed by atoms with Crippen LogP contribution in [0.1, 0.15) is 11.1 Å². The van der Waals surface area contributed by atoms with Gasteiger partial charge in [0.2, 0.25) is 0 Å². The highest BCUT2D eigenvalue weighted by Gasteiger charge is 2.29. The lowest BCUT2D eigenvalue weighted by Gasteiger charge is -2.10. The standard InChI is InChI=1S/C20H19S.C6H3Cl3O3S/c1-16-13-14-20(17(2)15-16)21(18-9-5-3-6-10-18)19-11-7-4-8-12-19;7-3-1-5(9)6(2-4(3)8)13(10,11)12/h3-15H,1-2H3;1-2H,(H,10,11,12)/q+1;/p-1. The van der Waals surface area contributed by atoms with Crippen molar-refractivity contribution in [3.63, 3.8) is 0 Å². The summed E-state index contributed by atoms with van der Waals surface area (Å²) in [5.41, 5.74) is 2.69. The molecule has 0 saturated heterocycles. The van der Waals surface area contributed by atoms with Gasteiger partial charge in [0.15, 0.2) is 14.7 Å². The second-order valence-electron chi connectivity index (χ2n) is 7.35. The maximum absolute atomic E-state index is 10.6. The second-order valence-corrected chi connectivity index (χ2v) is 11.9. The fourth-order valence-electron chi connectivity index (χ4n) is 3.23. The molecule has 0 aliphatic heterocycles. The minimum Gasteiger partial charge on any atom is -0.744 e. The highest BCUT2D eigenvalue weighted by Crippen LogP contribution is 2.33. The molecule has 0 bridgehead atoms. The molecule has 0 aliphatic rings. The molecule has 34 heavy (non-hydrogen) atoms. The summed E-state index contributed by atoms with van der Waals surface area (Å²) in [4.78, 5) is 3.59. The Labute approximate surface area is 218 Å². The number of hydrogen-bond donors (Lipinski definition) is 0. The lowest BCUT2D eigenvalue weighted by molar-refractivity contribution is 0.463. The van der Waals surface area contributed by atoms with Crippen LogP contribution in [0.15, 0.2) is 111 Å². The summed E-state index contributed by atoms with van der Waals surface area (Å²) in [7, 11) is -4.63. The van der Waals surface area contributed by atoms with Crippen LogP contribution >= 0.6 is 34.8 Å². The van der Waals surface area contributed by atoms with Crippen LogP contribution in [-0.2, 0) is 21.0 Å². The maximum atomic E-state index is 10.6. The van der Waals surface area contributed by atoms with E-state index in [1.807, 2.05) is 0 Å². The summed E-state index contributed by atoms with van der Waals surface area (Å²) in [6.45, 7) is 4.37. The van der Waals surface area contributed by atoms with Crippen molar-refractivity contribution in [3.8, 4) is 0 Å². The van der Waals surface area contributed by atoms with E-state index in [1.54, 1.807) is 0 Å². The Morgan fingerprint density at radius 1 is 0.676 bits per heavy atom. The Balaban J connectivity index is 0.000000215. The smallest absolute Gasteiger partial charge is 0.169 e. The zero-order valence-corrected chi connectivity index (χ0v) is 22.2. The van der Waals surface area contributed by atoms with E-state index in [1.165, 1.54) is 25.8 Å². The molecule has 0 spiro atoms. The Hall–Kier alpha value is -1.99. The van der Waals surface area contributed by atoms with Crippen LogP contribution in [0.5, 0.6) is 0 Å². The van der Waals surface area contributed by atoms with Gasteiger partial charge in [-0.3, -0.25) is 0 Å². The van der Waals surface area contributed by atoms with Gasteiger partial charge < -0.3 is 4.55 Å². The third kappa shape index (κ3) is 6.79. The molecule has 176 valence electrons. The third-order valence-corrected chi connectivity index (χ3v) is 9.16. The van der Waals surface area contributed by atoms with Gasteiger partial charge in [-0.15, -0.1) is 0 Å². The molecule has 4 aromatic carbocycles. The van der Waals surface area contributed by atoms with Crippen molar-refractivity contribution in [1.82, 2.24) is 0 Å². The molecule has 0 N–H and O–H groups in total. The van der Waals surface area contributed by atoms with Crippen molar-refractivity contribution < 1.29 is 13.0 Å². The molecule has 4 rings (SSSR count). The van der Waals surface area contributed by atoms with Crippen LogP contribution in [0.4, 0.5) is 0 Å². The van der Waals surface area contributed by atoms with Crippen molar-refractivity contribution >= 4 is 55.8 Å². The van der Waals surface area contributed by atoms with Crippen molar-refractivity contribution in [2.45, 2.75) is 33.4 Å². The first-order valence-electron chi connectivity index (χ1n) is 10.1. The average Bonchev–Trinajstić information content (AvgIpc) is 2.79. The third-order valence-electron chi connectivity index (χ3n) is 4.75. The summed E-state index contributed by atoms with van der Waals surface area (Å²) in [5, 5.41) is -0.163. The average molecular weight is 552 g/mol. The zero-order valence-electron chi connectivity index (χ0n) is 18.3. The molecule has 0 atom stereocenters. The number of rotatable bonds is 4. The van der Waals surface area contributed by atoms with E-state index in [0.717, 1.165) is 12.1 Å². The number of benzene rings is 4. The molecule has 0 aliphatic carbocycles. The number of hydrogen-bond acceptors (Lipinski definition) is 3. The molecule has 8 heteroatoms. The van der Waals surface area contributed by atoms with Crippen molar-refractivity contribution in [3.05, 3.63) is 117 Å². The topological polar surface area (TPSA) is 57.2 Å². The molecule has 0 amide bonds. The molecule has 0 unspecified atom stereocenters. The van der Waals surface area contributed by atoms with E-state index >= 15 is 0 Å². The Morgan fingerprint density at radius 3 is 1.65 bits per heavy atom. The van der Waals surface area contributed by atoms with Crippen LogP contribution in [0, 0.1) is 13.8 Å². The lowest BCUT2D eigenvalue weighted by Crippen LogP contribution is -2.06. The van der Waals surface area contributed by atoms with Gasteiger partial charge >= 0.3 is 0 Å². The summed E-state index contributed by atoms with van der Waals surface area (Å²) >= 11 is 16.5. The van der Waals surface area contributed by atoms with Crippen LogP contribution in [0.25, 0.3) is 0 Å². The van der Waals surface area contributed by atoms with Gasteiger partial charge in [0.25, 0.3) is 0 Å². The fourth-order valence-corrected chi connectivity index (χ4v) is 6.91. The van der Waals surface area contributed by atoms with Gasteiger partial charge in [-0.2, -0.15) is 0 Å². The first-order chi connectivity index (χ1) is 16.1. The fraction of sp³-hybridized carbons (Fsp3) is 0.0769. The highest BCUT2D eigenvalue weighted by atomic mass is 35.5. The van der Waals surface area contributed by atoms with Gasteiger partial charge in [0.05, 0.1) is 30.9 Å². The minimum absolute atomic E-state index is 0.0273. The molecule has 0 aromatic heterocycles. The molecule has 0 radical (unpaired) electrons. The number of halogens is 3. The molecule has 3 nitrogen and oxygen atoms in total. The van der Waals surface area contributed by atoms with Crippen LogP contribution in [0.2, 0.25) is 15.1 Å². The van der Waals surface area contributed by atoms with Gasteiger partial charge in [0.1, 0.15) is 10.1 Å². The highest BCUT2D eigenvalue weighted by molar-refractivity contribution is 7.97. The zero-order chi connectivity index (χ0) is 24.9. The second kappa shape index (κ2) is 11.6. The van der Waals surface area contributed by atoms with Crippen molar-refractivity contribution in [2.75, 3.05) is 0 Å². The number of aryl methyl sites for hydroxylation is 2. The summed E-state index contributed by atoms with van der Waals surface area (Å²) in [6.07, 6.45) is 0. The van der Waals surface area contributed by atoms with E-state index in [4.69, 9.17) is 34.8 Å². The predicted octanol–water partition coefficient (Wildman–Crippen LogP) is 7.95.